The Morgan fingerprint density at radius 2 is 2.17 bits per heavy atom. The van der Waals surface area contributed by atoms with Crippen LogP contribution in [-0.2, 0) is 20.0 Å². The van der Waals surface area contributed by atoms with Crippen molar-refractivity contribution in [3.05, 3.63) is 17.5 Å². The summed E-state index contributed by atoms with van der Waals surface area (Å²) in [6.07, 6.45) is 3.18. The average Bonchev–Trinajstić information content (AvgIpc) is 2.71. The van der Waals surface area contributed by atoms with Gasteiger partial charge in [-0.05, 0) is 38.4 Å². The first kappa shape index (κ1) is 13.5. The molecule has 2 rings (SSSR count). The molecule has 0 atom stereocenters. The van der Waals surface area contributed by atoms with Crippen molar-refractivity contribution in [3.8, 4) is 0 Å². The standard InChI is InChI=1S/C13H22N4S/c1-3-11-8-12(16(2)15-11)9-17-6-4-10(5-7-17)13(14)18/h8,10H,3-7,9H2,1-2H3,(H2,14,18). The van der Waals surface area contributed by atoms with E-state index in [4.69, 9.17) is 18.0 Å². The predicted molar refractivity (Wildman–Crippen MR) is 77.4 cm³/mol. The van der Waals surface area contributed by atoms with Crippen molar-refractivity contribution in [2.45, 2.75) is 32.7 Å². The van der Waals surface area contributed by atoms with Gasteiger partial charge in [0.2, 0.25) is 0 Å². The lowest BCUT2D eigenvalue weighted by Crippen LogP contribution is -2.37. The lowest BCUT2D eigenvalue weighted by Gasteiger charge is -2.31. The van der Waals surface area contributed by atoms with Crippen LogP contribution in [-0.4, -0.2) is 32.8 Å². The second kappa shape index (κ2) is 5.80. The summed E-state index contributed by atoms with van der Waals surface area (Å²) in [5.41, 5.74) is 8.17. The zero-order chi connectivity index (χ0) is 13.1. The van der Waals surface area contributed by atoms with Crippen LogP contribution in [0.1, 0.15) is 31.2 Å². The predicted octanol–water partition coefficient (Wildman–Crippen LogP) is 1.48. The van der Waals surface area contributed by atoms with E-state index in [0.29, 0.717) is 10.9 Å². The van der Waals surface area contributed by atoms with Crippen LogP contribution in [0.25, 0.3) is 0 Å². The summed E-state index contributed by atoms with van der Waals surface area (Å²) in [4.78, 5) is 3.15. The topological polar surface area (TPSA) is 47.1 Å². The molecule has 1 fully saturated rings. The number of hydrogen-bond donors (Lipinski definition) is 1. The highest BCUT2D eigenvalue weighted by molar-refractivity contribution is 7.80. The second-order valence-electron chi connectivity index (χ2n) is 5.06. The minimum Gasteiger partial charge on any atom is -0.393 e. The third kappa shape index (κ3) is 3.09. The van der Waals surface area contributed by atoms with Crippen LogP contribution < -0.4 is 5.73 Å². The molecule has 4 nitrogen and oxygen atoms in total. The summed E-state index contributed by atoms with van der Waals surface area (Å²) >= 11 is 5.07. The Hall–Kier alpha value is -0.940. The molecule has 5 heteroatoms. The fraction of sp³-hybridized carbons (Fsp3) is 0.692. The van der Waals surface area contributed by atoms with E-state index in [9.17, 15) is 0 Å². The van der Waals surface area contributed by atoms with Crippen molar-refractivity contribution in [3.63, 3.8) is 0 Å². The second-order valence-corrected chi connectivity index (χ2v) is 5.53. The van der Waals surface area contributed by atoms with Gasteiger partial charge < -0.3 is 5.73 Å². The summed E-state index contributed by atoms with van der Waals surface area (Å²) in [6.45, 7) is 5.27. The van der Waals surface area contributed by atoms with Gasteiger partial charge in [-0.3, -0.25) is 9.58 Å². The maximum atomic E-state index is 5.71. The lowest BCUT2D eigenvalue weighted by molar-refractivity contribution is 0.198. The van der Waals surface area contributed by atoms with Crippen LogP contribution in [0.4, 0.5) is 0 Å². The van der Waals surface area contributed by atoms with Crippen LogP contribution >= 0.6 is 12.2 Å². The van der Waals surface area contributed by atoms with Crippen LogP contribution in [0.3, 0.4) is 0 Å². The maximum Gasteiger partial charge on any atom is 0.0759 e. The number of aryl methyl sites for hydroxylation is 2. The summed E-state index contributed by atoms with van der Waals surface area (Å²) in [6, 6.07) is 2.21. The fourth-order valence-corrected chi connectivity index (χ4v) is 2.73. The Balaban J connectivity index is 1.91. The van der Waals surface area contributed by atoms with E-state index in [1.165, 1.54) is 11.4 Å². The van der Waals surface area contributed by atoms with Crippen molar-refractivity contribution >= 4 is 17.2 Å². The molecule has 1 aromatic heterocycles. The van der Waals surface area contributed by atoms with E-state index in [2.05, 4.69) is 23.0 Å². The first-order valence-corrected chi connectivity index (χ1v) is 7.04. The smallest absolute Gasteiger partial charge is 0.0759 e. The van der Waals surface area contributed by atoms with Crippen LogP contribution in [0.2, 0.25) is 0 Å². The van der Waals surface area contributed by atoms with E-state index in [1.807, 2.05) is 11.7 Å². The van der Waals surface area contributed by atoms with Crippen molar-refractivity contribution in [2.24, 2.45) is 18.7 Å². The highest BCUT2D eigenvalue weighted by Crippen LogP contribution is 2.19. The number of hydrogen-bond acceptors (Lipinski definition) is 3. The molecule has 0 amide bonds. The molecule has 2 N–H and O–H groups in total. The monoisotopic (exact) mass is 266 g/mol. The van der Waals surface area contributed by atoms with Crippen molar-refractivity contribution in [2.75, 3.05) is 13.1 Å². The fourth-order valence-electron chi connectivity index (χ4n) is 2.50. The Kier molecular flexibility index (Phi) is 4.35. The SMILES string of the molecule is CCc1cc(CN2CCC(C(N)=S)CC2)n(C)n1. The number of aromatic nitrogens is 2. The summed E-state index contributed by atoms with van der Waals surface area (Å²) in [5, 5.41) is 4.49. The molecule has 0 radical (unpaired) electrons. The van der Waals surface area contributed by atoms with Gasteiger partial charge in [-0.15, -0.1) is 0 Å². The Bertz CT molecular complexity index is 419. The third-order valence-electron chi connectivity index (χ3n) is 3.77. The van der Waals surface area contributed by atoms with E-state index in [-0.39, 0.29) is 0 Å². The molecule has 18 heavy (non-hydrogen) atoms. The highest BCUT2D eigenvalue weighted by atomic mass is 32.1. The van der Waals surface area contributed by atoms with Gasteiger partial charge in [0.05, 0.1) is 16.4 Å². The molecule has 0 saturated carbocycles. The van der Waals surface area contributed by atoms with Crippen LogP contribution in [0.5, 0.6) is 0 Å². The maximum absolute atomic E-state index is 5.71. The van der Waals surface area contributed by atoms with Gasteiger partial charge in [0.1, 0.15) is 0 Å². The molecule has 1 aromatic rings. The minimum atomic E-state index is 0.439. The molecule has 0 spiro atoms. The van der Waals surface area contributed by atoms with Gasteiger partial charge >= 0.3 is 0 Å². The first-order chi connectivity index (χ1) is 8.60. The molecule has 2 heterocycles. The Morgan fingerprint density at radius 3 is 2.67 bits per heavy atom. The van der Waals surface area contributed by atoms with Crippen molar-refractivity contribution in [1.29, 1.82) is 0 Å². The van der Waals surface area contributed by atoms with Gasteiger partial charge in [-0.2, -0.15) is 5.10 Å². The van der Waals surface area contributed by atoms with Gasteiger partial charge in [-0.1, -0.05) is 19.1 Å². The molecule has 1 aliphatic rings. The summed E-state index contributed by atoms with van der Waals surface area (Å²) < 4.78 is 2.00. The molecule has 1 saturated heterocycles. The third-order valence-corrected chi connectivity index (χ3v) is 4.10. The molecule has 1 aliphatic heterocycles. The zero-order valence-corrected chi connectivity index (χ0v) is 12.0. The first-order valence-electron chi connectivity index (χ1n) is 6.63. The van der Waals surface area contributed by atoms with Crippen LogP contribution in [0, 0.1) is 5.92 Å². The molecule has 100 valence electrons. The van der Waals surface area contributed by atoms with Gasteiger partial charge in [-0.25, -0.2) is 0 Å². The number of thiocarbonyl (C=S) groups is 1. The highest BCUT2D eigenvalue weighted by Gasteiger charge is 2.21. The number of piperidine rings is 1. The van der Waals surface area contributed by atoms with Crippen LogP contribution in [0.15, 0.2) is 6.07 Å². The zero-order valence-electron chi connectivity index (χ0n) is 11.2. The summed E-state index contributed by atoms with van der Waals surface area (Å²) in [7, 11) is 2.02. The number of nitrogens with two attached hydrogens (primary N) is 1. The molecule has 0 aromatic carbocycles. The van der Waals surface area contributed by atoms with Crippen molar-refractivity contribution in [1.82, 2.24) is 14.7 Å². The van der Waals surface area contributed by atoms with Gasteiger partial charge in [0.25, 0.3) is 0 Å². The minimum absolute atomic E-state index is 0.439. The van der Waals surface area contributed by atoms with Gasteiger partial charge in [0.15, 0.2) is 0 Å². The molecule has 0 unspecified atom stereocenters. The normalized spacial score (nSPS) is 18.1. The Morgan fingerprint density at radius 1 is 1.50 bits per heavy atom. The largest absolute Gasteiger partial charge is 0.393 e. The molecular weight excluding hydrogens is 244 g/mol. The number of nitrogens with zero attached hydrogens (tertiary/aromatic N) is 3. The van der Waals surface area contributed by atoms with E-state index in [1.54, 1.807) is 0 Å². The quantitative estimate of drug-likeness (QED) is 0.839. The number of rotatable bonds is 4. The van der Waals surface area contributed by atoms with E-state index in [0.717, 1.165) is 38.9 Å². The lowest BCUT2D eigenvalue weighted by atomic mass is 9.97. The number of likely N-dealkylation sites (tertiary alicyclic amines) is 1. The van der Waals surface area contributed by atoms with Crippen molar-refractivity contribution < 1.29 is 0 Å². The average molecular weight is 266 g/mol. The summed E-state index contributed by atoms with van der Waals surface area (Å²) in [5.74, 6) is 0.439. The molecule has 0 bridgehead atoms. The molecule has 0 aliphatic carbocycles. The van der Waals surface area contributed by atoms with E-state index >= 15 is 0 Å². The Labute approximate surface area is 114 Å². The van der Waals surface area contributed by atoms with E-state index < -0.39 is 0 Å². The van der Waals surface area contributed by atoms with Gasteiger partial charge in [0, 0.05) is 19.5 Å². The molecular formula is C13H22N4S.